The highest BCUT2D eigenvalue weighted by Crippen LogP contribution is 1.99. The maximum Gasteiger partial charge on any atom is 0.154 e. The van der Waals surface area contributed by atoms with Crippen molar-refractivity contribution in [2.45, 2.75) is 27.1 Å². The van der Waals surface area contributed by atoms with Gasteiger partial charge in [0.15, 0.2) is 6.29 Å². The van der Waals surface area contributed by atoms with Crippen LogP contribution in [-0.4, -0.2) is 25.8 Å². The Hall–Kier alpha value is -1.96. The predicted molar refractivity (Wildman–Crippen MR) is 80.5 cm³/mol. The van der Waals surface area contributed by atoms with Gasteiger partial charge in [-0.15, -0.1) is 13.2 Å². The molecule has 0 unspecified atom stereocenters. The standard InChI is InChI=1S/C8H5NO.C6H14O2.C2H4/c9-5-7-1-3-8(6-10)4-2-7;1-4-7-6(3)8-5-2;1-2/h1-4,6H;6H,4-5H2,1-3H3;1-2H2. The quantitative estimate of drug-likeness (QED) is 0.469. The Kier molecular flexibility index (Phi) is 15.4. The lowest BCUT2D eigenvalue weighted by Crippen LogP contribution is -2.11. The van der Waals surface area contributed by atoms with Crippen molar-refractivity contribution in [3.05, 3.63) is 48.6 Å². The fraction of sp³-hybridized carbons (Fsp3) is 0.375. The third-order valence-corrected chi connectivity index (χ3v) is 1.98. The Morgan fingerprint density at radius 3 is 1.95 bits per heavy atom. The average molecular weight is 277 g/mol. The number of benzene rings is 1. The molecule has 0 radical (unpaired) electrons. The SMILES string of the molecule is C=C.CCOC(C)OCC.N#Cc1ccc(C=O)cc1. The number of carbonyl (C=O) groups excluding carboxylic acids is 1. The molecule has 0 bridgehead atoms. The van der Waals surface area contributed by atoms with Crippen molar-refractivity contribution in [2.24, 2.45) is 0 Å². The molecule has 0 fully saturated rings. The Labute approximate surface area is 121 Å². The number of aldehydes is 1. The Balaban J connectivity index is 0. The zero-order chi connectivity index (χ0) is 15.8. The summed E-state index contributed by atoms with van der Waals surface area (Å²) in [5.74, 6) is 0. The molecular formula is C16H23NO3. The number of carbonyl (C=O) groups is 1. The fourth-order valence-electron chi connectivity index (χ4n) is 1.15. The van der Waals surface area contributed by atoms with Crippen molar-refractivity contribution >= 4 is 6.29 Å². The fourth-order valence-corrected chi connectivity index (χ4v) is 1.15. The lowest BCUT2D eigenvalue weighted by molar-refractivity contribution is -0.123. The van der Waals surface area contributed by atoms with Crippen LogP contribution in [0.5, 0.6) is 0 Å². The van der Waals surface area contributed by atoms with E-state index < -0.39 is 0 Å². The van der Waals surface area contributed by atoms with Gasteiger partial charge in [0.1, 0.15) is 6.29 Å². The van der Waals surface area contributed by atoms with Gasteiger partial charge >= 0.3 is 0 Å². The highest BCUT2D eigenvalue weighted by molar-refractivity contribution is 5.74. The lowest BCUT2D eigenvalue weighted by atomic mass is 10.2. The van der Waals surface area contributed by atoms with Crippen LogP contribution in [0.3, 0.4) is 0 Å². The molecule has 110 valence electrons. The Morgan fingerprint density at radius 2 is 1.65 bits per heavy atom. The van der Waals surface area contributed by atoms with Crippen LogP contribution in [-0.2, 0) is 9.47 Å². The van der Waals surface area contributed by atoms with Crippen molar-refractivity contribution in [1.29, 1.82) is 5.26 Å². The van der Waals surface area contributed by atoms with E-state index in [0.29, 0.717) is 11.1 Å². The summed E-state index contributed by atoms with van der Waals surface area (Å²) in [6, 6.07) is 8.43. The van der Waals surface area contributed by atoms with Gasteiger partial charge in [0, 0.05) is 18.8 Å². The number of ether oxygens (including phenoxy) is 2. The second kappa shape index (κ2) is 15.1. The van der Waals surface area contributed by atoms with Crippen molar-refractivity contribution in [3.63, 3.8) is 0 Å². The summed E-state index contributed by atoms with van der Waals surface area (Å²) >= 11 is 0. The minimum Gasteiger partial charge on any atom is -0.353 e. The van der Waals surface area contributed by atoms with Gasteiger partial charge in [0.25, 0.3) is 0 Å². The normalized spacial score (nSPS) is 8.55. The molecule has 0 aromatic heterocycles. The molecule has 4 nitrogen and oxygen atoms in total. The van der Waals surface area contributed by atoms with E-state index in [0.717, 1.165) is 19.5 Å². The molecule has 0 atom stereocenters. The van der Waals surface area contributed by atoms with Crippen molar-refractivity contribution in [3.8, 4) is 6.07 Å². The Morgan fingerprint density at radius 1 is 1.20 bits per heavy atom. The topological polar surface area (TPSA) is 59.3 Å². The molecule has 20 heavy (non-hydrogen) atoms. The predicted octanol–water partition coefficient (Wildman–Crippen LogP) is 3.58. The monoisotopic (exact) mass is 277 g/mol. The van der Waals surface area contributed by atoms with Gasteiger partial charge in [-0.2, -0.15) is 5.26 Å². The van der Waals surface area contributed by atoms with Crippen LogP contribution in [0.1, 0.15) is 36.7 Å². The first-order chi connectivity index (χ1) is 9.67. The minimum absolute atomic E-state index is 0.0370. The van der Waals surface area contributed by atoms with Crippen LogP contribution in [0.4, 0.5) is 0 Å². The minimum atomic E-state index is -0.0370. The highest BCUT2D eigenvalue weighted by atomic mass is 16.7. The summed E-state index contributed by atoms with van der Waals surface area (Å²) in [6.07, 6.45) is 0.714. The maximum atomic E-state index is 10.1. The molecule has 0 aliphatic heterocycles. The molecule has 0 saturated heterocycles. The first-order valence-electron chi connectivity index (χ1n) is 6.36. The van der Waals surface area contributed by atoms with E-state index in [-0.39, 0.29) is 6.29 Å². The van der Waals surface area contributed by atoms with Crippen molar-refractivity contribution in [1.82, 2.24) is 0 Å². The van der Waals surface area contributed by atoms with Crippen LogP contribution in [0.2, 0.25) is 0 Å². The second-order valence-electron chi connectivity index (χ2n) is 3.33. The van der Waals surface area contributed by atoms with Crippen molar-refractivity contribution in [2.75, 3.05) is 13.2 Å². The van der Waals surface area contributed by atoms with Gasteiger partial charge in [0.2, 0.25) is 0 Å². The third-order valence-electron chi connectivity index (χ3n) is 1.98. The molecule has 0 saturated carbocycles. The van der Waals surface area contributed by atoms with Crippen LogP contribution in [0.15, 0.2) is 37.4 Å². The van der Waals surface area contributed by atoms with Gasteiger partial charge in [-0.05, 0) is 32.9 Å². The molecule has 0 N–H and O–H groups in total. The smallest absolute Gasteiger partial charge is 0.154 e. The third kappa shape index (κ3) is 11.1. The zero-order valence-corrected chi connectivity index (χ0v) is 12.5. The summed E-state index contributed by atoms with van der Waals surface area (Å²) in [5.41, 5.74) is 1.17. The Bertz CT molecular complexity index is 376. The van der Waals surface area contributed by atoms with E-state index >= 15 is 0 Å². The summed E-state index contributed by atoms with van der Waals surface area (Å²) < 4.78 is 10.1. The van der Waals surface area contributed by atoms with Gasteiger partial charge in [-0.1, -0.05) is 12.1 Å². The molecule has 1 aromatic carbocycles. The molecular weight excluding hydrogens is 254 g/mol. The molecule has 1 aromatic rings. The van der Waals surface area contributed by atoms with E-state index in [9.17, 15) is 4.79 Å². The zero-order valence-electron chi connectivity index (χ0n) is 12.5. The van der Waals surface area contributed by atoms with E-state index in [2.05, 4.69) is 13.2 Å². The number of nitriles is 1. The second-order valence-corrected chi connectivity index (χ2v) is 3.33. The van der Waals surface area contributed by atoms with Crippen molar-refractivity contribution < 1.29 is 14.3 Å². The number of hydrogen-bond acceptors (Lipinski definition) is 4. The maximum absolute atomic E-state index is 10.1. The molecule has 0 aliphatic carbocycles. The van der Waals surface area contributed by atoms with Gasteiger partial charge < -0.3 is 9.47 Å². The van der Waals surface area contributed by atoms with E-state index in [1.54, 1.807) is 24.3 Å². The van der Waals surface area contributed by atoms with Gasteiger partial charge in [0.05, 0.1) is 11.6 Å². The molecule has 1 rings (SSSR count). The summed E-state index contributed by atoms with van der Waals surface area (Å²) in [6.45, 7) is 13.3. The van der Waals surface area contributed by atoms with E-state index in [1.807, 2.05) is 26.8 Å². The molecule has 0 aliphatic rings. The van der Waals surface area contributed by atoms with E-state index in [1.165, 1.54) is 0 Å². The first-order valence-corrected chi connectivity index (χ1v) is 6.36. The molecule has 0 amide bonds. The number of nitrogens with zero attached hydrogens (tertiary/aromatic N) is 1. The number of rotatable bonds is 5. The van der Waals surface area contributed by atoms with Gasteiger partial charge in [-0.25, -0.2) is 0 Å². The average Bonchev–Trinajstić information content (AvgIpc) is 2.50. The summed E-state index contributed by atoms with van der Waals surface area (Å²) in [7, 11) is 0. The van der Waals surface area contributed by atoms with E-state index in [4.69, 9.17) is 14.7 Å². The van der Waals surface area contributed by atoms with Crippen LogP contribution >= 0.6 is 0 Å². The highest BCUT2D eigenvalue weighted by Gasteiger charge is 1.94. The largest absolute Gasteiger partial charge is 0.353 e. The molecule has 0 heterocycles. The number of hydrogen-bond donors (Lipinski definition) is 0. The van der Waals surface area contributed by atoms with Gasteiger partial charge in [-0.3, -0.25) is 4.79 Å². The lowest BCUT2D eigenvalue weighted by Gasteiger charge is -2.09. The summed E-state index contributed by atoms with van der Waals surface area (Å²) in [5, 5.41) is 8.36. The van der Waals surface area contributed by atoms with Crippen LogP contribution < -0.4 is 0 Å². The molecule has 4 heteroatoms. The first kappa shape index (κ1) is 20.4. The van der Waals surface area contributed by atoms with Crippen LogP contribution in [0.25, 0.3) is 0 Å². The van der Waals surface area contributed by atoms with Crippen LogP contribution in [0, 0.1) is 11.3 Å². The summed E-state index contributed by atoms with van der Waals surface area (Å²) in [4.78, 5) is 10.1. The molecule has 0 spiro atoms.